The summed E-state index contributed by atoms with van der Waals surface area (Å²) in [6, 6.07) is 10.0. The molecule has 5 rings (SSSR count). The molecule has 0 aliphatic carbocycles. The lowest BCUT2D eigenvalue weighted by molar-refractivity contribution is 0.282. The average Bonchev–Trinajstić information content (AvgIpc) is 3.52. The summed E-state index contributed by atoms with van der Waals surface area (Å²) in [6.45, 7) is 6.29. The molecule has 4 heterocycles. The van der Waals surface area contributed by atoms with Gasteiger partial charge in [0, 0.05) is 37.4 Å². The number of hydrogen-bond acceptors (Lipinski definition) is 7. The van der Waals surface area contributed by atoms with E-state index >= 15 is 0 Å². The molecule has 0 atom stereocenters. The Kier molecular flexibility index (Phi) is 5.43. The minimum Gasteiger partial charge on any atom is -0.392 e. The summed E-state index contributed by atoms with van der Waals surface area (Å²) in [6.07, 6.45) is 5.63. The Morgan fingerprint density at radius 1 is 1.15 bits per heavy atom. The molecule has 0 fully saturated rings. The molecule has 0 radical (unpaired) electrons. The van der Waals surface area contributed by atoms with Crippen LogP contribution in [0.1, 0.15) is 31.0 Å². The fourth-order valence-electron chi connectivity index (χ4n) is 3.79. The quantitative estimate of drug-likeness (QED) is 0.368. The molecular weight excluding hydrogens is 434 g/mol. The first-order valence-corrected chi connectivity index (χ1v) is 11.6. The second kappa shape index (κ2) is 8.42. The van der Waals surface area contributed by atoms with Gasteiger partial charge < -0.3 is 15.0 Å². The molecule has 2 N–H and O–H groups in total. The minimum absolute atomic E-state index is 0.0205. The first-order chi connectivity index (χ1) is 15.9. The summed E-state index contributed by atoms with van der Waals surface area (Å²) in [5.74, 6) is 1.95. The molecule has 8 nitrogen and oxygen atoms in total. The summed E-state index contributed by atoms with van der Waals surface area (Å²) in [5.41, 5.74) is 3.69. The molecular formula is C24H25N7OS. The van der Waals surface area contributed by atoms with E-state index in [0.717, 1.165) is 37.6 Å². The third kappa shape index (κ3) is 3.90. The zero-order valence-electron chi connectivity index (χ0n) is 18.9. The highest BCUT2D eigenvalue weighted by Crippen LogP contribution is 2.41. The molecule has 0 aliphatic heterocycles. The Labute approximate surface area is 195 Å². The predicted molar refractivity (Wildman–Crippen MR) is 132 cm³/mol. The van der Waals surface area contributed by atoms with Gasteiger partial charge in [0.1, 0.15) is 16.3 Å². The van der Waals surface area contributed by atoms with Gasteiger partial charge in [0.15, 0.2) is 11.6 Å². The van der Waals surface area contributed by atoms with Gasteiger partial charge >= 0.3 is 0 Å². The molecule has 4 aromatic heterocycles. The lowest BCUT2D eigenvalue weighted by atomic mass is 10.1. The van der Waals surface area contributed by atoms with Gasteiger partial charge in [-0.15, -0.1) is 11.3 Å². The summed E-state index contributed by atoms with van der Waals surface area (Å²) in [5, 5.41) is 18.7. The summed E-state index contributed by atoms with van der Waals surface area (Å²) < 4.78 is 3.87. The number of aliphatic hydroxyl groups is 1. The van der Waals surface area contributed by atoms with Crippen LogP contribution in [0, 0.1) is 6.92 Å². The Balaban J connectivity index is 1.69. The maximum absolute atomic E-state index is 9.54. The summed E-state index contributed by atoms with van der Waals surface area (Å²) >= 11 is 1.61. The van der Waals surface area contributed by atoms with Crippen LogP contribution >= 0.6 is 11.3 Å². The van der Waals surface area contributed by atoms with Crippen LogP contribution in [-0.2, 0) is 13.7 Å². The fourth-order valence-corrected chi connectivity index (χ4v) is 4.93. The maximum Gasteiger partial charge on any atom is 0.199 e. The molecule has 0 saturated carbocycles. The average molecular weight is 460 g/mol. The van der Waals surface area contributed by atoms with E-state index in [-0.39, 0.29) is 6.61 Å². The van der Waals surface area contributed by atoms with Crippen LogP contribution in [-0.4, -0.2) is 34.4 Å². The molecule has 9 heteroatoms. The van der Waals surface area contributed by atoms with E-state index in [2.05, 4.69) is 31.1 Å². The third-order valence-corrected chi connectivity index (χ3v) is 6.76. The highest BCUT2D eigenvalue weighted by Gasteiger charge is 2.21. The van der Waals surface area contributed by atoms with Gasteiger partial charge in [0.25, 0.3) is 0 Å². The van der Waals surface area contributed by atoms with E-state index in [1.807, 2.05) is 59.0 Å². The molecule has 0 amide bonds. The number of anilines is 2. The largest absolute Gasteiger partial charge is 0.392 e. The molecule has 1 aromatic carbocycles. The number of aromatic nitrogens is 6. The van der Waals surface area contributed by atoms with Gasteiger partial charge in [-0.1, -0.05) is 12.1 Å². The number of rotatable bonds is 6. The number of aryl methyl sites for hydroxylation is 2. The zero-order valence-corrected chi connectivity index (χ0v) is 19.8. The maximum atomic E-state index is 9.54. The van der Waals surface area contributed by atoms with E-state index < -0.39 is 0 Å². The number of hydrogen-bond donors (Lipinski definition) is 2. The number of fused-ring (bicyclic) bond motifs is 1. The van der Waals surface area contributed by atoms with Crippen molar-refractivity contribution in [3.63, 3.8) is 0 Å². The van der Waals surface area contributed by atoms with E-state index in [1.165, 1.54) is 0 Å². The molecule has 0 saturated heterocycles. The van der Waals surface area contributed by atoms with Crippen molar-refractivity contribution in [3.8, 4) is 22.2 Å². The topological polar surface area (TPSA) is 93.7 Å². The van der Waals surface area contributed by atoms with E-state index in [1.54, 1.807) is 17.5 Å². The first kappa shape index (κ1) is 21.3. The van der Waals surface area contributed by atoms with Gasteiger partial charge in [0.2, 0.25) is 0 Å². The summed E-state index contributed by atoms with van der Waals surface area (Å²) in [4.78, 5) is 16.1. The zero-order chi connectivity index (χ0) is 23.1. The molecule has 168 valence electrons. The molecule has 5 aromatic rings. The standard InChI is InChI=1S/C24H25N7OS/c1-14(2)31-10-8-18(29-31)20-15(3)19-21(26-17-7-5-6-16(12-17)13-32)27-22(28-24(19)33-20)23-25-9-11-30(23)4/h5-12,14,32H,13H2,1-4H3,(H,26,27,28). The van der Waals surface area contributed by atoms with Crippen molar-refractivity contribution in [3.05, 3.63) is 60.0 Å². The minimum atomic E-state index is -0.0205. The highest BCUT2D eigenvalue weighted by molar-refractivity contribution is 7.22. The molecule has 0 unspecified atom stereocenters. The second-order valence-electron chi connectivity index (χ2n) is 8.25. The van der Waals surface area contributed by atoms with Gasteiger partial charge in [-0.2, -0.15) is 5.10 Å². The van der Waals surface area contributed by atoms with Crippen molar-refractivity contribution < 1.29 is 5.11 Å². The van der Waals surface area contributed by atoms with Crippen molar-refractivity contribution >= 4 is 33.1 Å². The van der Waals surface area contributed by atoms with Gasteiger partial charge in [0.05, 0.1) is 16.9 Å². The van der Waals surface area contributed by atoms with Crippen LogP contribution in [0.4, 0.5) is 11.5 Å². The van der Waals surface area contributed by atoms with Crippen LogP contribution in [0.3, 0.4) is 0 Å². The monoisotopic (exact) mass is 459 g/mol. The molecule has 0 spiro atoms. The summed E-state index contributed by atoms with van der Waals surface area (Å²) in [7, 11) is 1.93. The lowest BCUT2D eigenvalue weighted by Gasteiger charge is -2.11. The number of imidazole rings is 1. The van der Waals surface area contributed by atoms with Gasteiger partial charge in [-0.25, -0.2) is 15.0 Å². The number of nitrogens with zero attached hydrogens (tertiary/aromatic N) is 6. The Bertz CT molecular complexity index is 1450. The number of benzene rings is 1. The smallest absolute Gasteiger partial charge is 0.199 e. The SMILES string of the molecule is Cc1c(-c2ccn(C(C)C)n2)sc2nc(-c3nccn3C)nc(Nc3cccc(CO)c3)c12. The number of aliphatic hydroxyl groups excluding tert-OH is 1. The van der Waals surface area contributed by atoms with Gasteiger partial charge in [-0.05, 0) is 50.1 Å². The Morgan fingerprint density at radius 3 is 2.70 bits per heavy atom. The van der Waals surface area contributed by atoms with Crippen LogP contribution in [0.2, 0.25) is 0 Å². The van der Waals surface area contributed by atoms with E-state index in [0.29, 0.717) is 23.5 Å². The molecule has 0 aliphatic rings. The highest BCUT2D eigenvalue weighted by atomic mass is 32.1. The van der Waals surface area contributed by atoms with E-state index in [4.69, 9.17) is 15.1 Å². The van der Waals surface area contributed by atoms with E-state index in [9.17, 15) is 5.11 Å². The number of thiophene rings is 1. The van der Waals surface area contributed by atoms with Crippen molar-refractivity contribution in [2.24, 2.45) is 7.05 Å². The number of nitrogens with one attached hydrogen (secondary N) is 1. The Morgan fingerprint density at radius 2 is 2.00 bits per heavy atom. The lowest BCUT2D eigenvalue weighted by Crippen LogP contribution is -2.02. The van der Waals surface area contributed by atoms with Crippen molar-refractivity contribution in [2.75, 3.05) is 5.32 Å². The van der Waals surface area contributed by atoms with Crippen LogP contribution in [0.5, 0.6) is 0 Å². The van der Waals surface area contributed by atoms with Crippen molar-refractivity contribution in [1.82, 2.24) is 29.3 Å². The molecule has 0 bridgehead atoms. The van der Waals surface area contributed by atoms with Crippen LogP contribution < -0.4 is 5.32 Å². The molecule has 33 heavy (non-hydrogen) atoms. The van der Waals surface area contributed by atoms with Crippen molar-refractivity contribution in [2.45, 2.75) is 33.4 Å². The third-order valence-electron chi connectivity index (χ3n) is 5.55. The first-order valence-electron chi connectivity index (χ1n) is 10.8. The fraction of sp³-hybridized carbons (Fsp3) is 0.250. The predicted octanol–water partition coefficient (Wildman–Crippen LogP) is 5.08. The van der Waals surface area contributed by atoms with Crippen LogP contribution in [0.25, 0.3) is 32.4 Å². The Hall–Kier alpha value is -3.56. The van der Waals surface area contributed by atoms with Crippen molar-refractivity contribution in [1.29, 1.82) is 0 Å². The van der Waals surface area contributed by atoms with Crippen LogP contribution in [0.15, 0.2) is 48.9 Å². The van der Waals surface area contributed by atoms with Gasteiger partial charge in [-0.3, -0.25) is 4.68 Å². The second-order valence-corrected chi connectivity index (χ2v) is 9.25. The normalized spacial score (nSPS) is 11.6.